The Bertz CT molecular complexity index is 941. The zero-order chi connectivity index (χ0) is 22.4. The van der Waals surface area contributed by atoms with E-state index in [0.29, 0.717) is 22.4 Å². The van der Waals surface area contributed by atoms with Crippen LogP contribution < -0.4 is 15.5 Å². The molecule has 0 unspecified atom stereocenters. The number of rotatable bonds is 5. The lowest BCUT2D eigenvalue weighted by Crippen LogP contribution is -2.49. The summed E-state index contributed by atoms with van der Waals surface area (Å²) in [5.41, 5.74) is 2.42. The molecule has 0 bridgehead atoms. The van der Waals surface area contributed by atoms with Gasteiger partial charge in [0.1, 0.15) is 0 Å². The second kappa shape index (κ2) is 10.7. The van der Waals surface area contributed by atoms with Gasteiger partial charge in [-0.2, -0.15) is 0 Å². The molecular formula is C23H27BrN4O2S. The van der Waals surface area contributed by atoms with E-state index in [4.69, 9.17) is 12.2 Å². The van der Waals surface area contributed by atoms with Gasteiger partial charge in [-0.15, -0.1) is 0 Å². The van der Waals surface area contributed by atoms with Crippen LogP contribution in [0.2, 0.25) is 0 Å². The van der Waals surface area contributed by atoms with E-state index in [1.807, 2.05) is 41.3 Å². The predicted octanol–water partition coefficient (Wildman–Crippen LogP) is 4.27. The van der Waals surface area contributed by atoms with Gasteiger partial charge in [-0.3, -0.25) is 14.9 Å². The Morgan fingerprint density at radius 1 is 1.03 bits per heavy atom. The number of benzene rings is 2. The van der Waals surface area contributed by atoms with Crippen LogP contribution in [0.15, 0.2) is 53.0 Å². The third kappa shape index (κ3) is 6.51. The summed E-state index contributed by atoms with van der Waals surface area (Å²) in [7, 11) is 0. The lowest BCUT2D eigenvalue weighted by molar-refractivity contribution is -0.132. The summed E-state index contributed by atoms with van der Waals surface area (Å²) in [6.07, 6.45) is 0.609. The maximum Gasteiger partial charge on any atom is 0.258 e. The van der Waals surface area contributed by atoms with Gasteiger partial charge in [0, 0.05) is 48.4 Å². The summed E-state index contributed by atoms with van der Waals surface area (Å²) in [5.74, 6) is 0.356. The van der Waals surface area contributed by atoms with Crippen molar-refractivity contribution in [1.82, 2.24) is 10.2 Å². The standard InChI is InChI=1S/C23H27BrN4O2S/c1-16(2)15-21(29)28-13-11-27(12-14-28)18-9-7-17(8-10-18)25-23(31)26-22(30)19-5-3-4-6-20(19)24/h3-10,16H,11-15H2,1-2H3,(H2,25,26,30,31). The zero-order valence-corrected chi connectivity index (χ0v) is 20.1. The summed E-state index contributed by atoms with van der Waals surface area (Å²) in [5, 5.41) is 5.98. The fourth-order valence-electron chi connectivity index (χ4n) is 3.43. The van der Waals surface area contributed by atoms with Gasteiger partial charge in [0.05, 0.1) is 5.56 Å². The van der Waals surface area contributed by atoms with Gasteiger partial charge < -0.3 is 15.1 Å². The average Bonchev–Trinajstić information content (AvgIpc) is 2.74. The number of thiocarbonyl (C=S) groups is 1. The van der Waals surface area contributed by atoms with E-state index < -0.39 is 0 Å². The van der Waals surface area contributed by atoms with Gasteiger partial charge in [-0.25, -0.2) is 0 Å². The molecule has 3 rings (SSSR count). The molecule has 6 nitrogen and oxygen atoms in total. The van der Waals surface area contributed by atoms with Gasteiger partial charge in [0.2, 0.25) is 5.91 Å². The molecule has 2 aromatic rings. The second-order valence-corrected chi connectivity index (χ2v) is 9.16. The number of hydrogen-bond donors (Lipinski definition) is 2. The highest BCUT2D eigenvalue weighted by Gasteiger charge is 2.21. The quantitative estimate of drug-likeness (QED) is 0.597. The zero-order valence-electron chi connectivity index (χ0n) is 17.7. The normalized spacial score (nSPS) is 13.8. The Morgan fingerprint density at radius 3 is 2.29 bits per heavy atom. The summed E-state index contributed by atoms with van der Waals surface area (Å²) >= 11 is 8.64. The molecule has 1 aliphatic heterocycles. The minimum Gasteiger partial charge on any atom is -0.368 e. The molecule has 1 heterocycles. The third-order valence-corrected chi connectivity index (χ3v) is 5.95. The molecule has 8 heteroatoms. The SMILES string of the molecule is CC(C)CC(=O)N1CCN(c2ccc(NC(=S)NC(=O)c3ccccc3Br)cc2)CC1. The van der Waals surface area contributed by atoms with E-state index in [1.54, 1.807) is 12.1 Å². The van der Waals surface area contributed by atoms with Crippen LogP contribution in [0.25, 0.3) is 0 Å². The largest absolute Gasteiger partial charge is 0.368 e. The summed E-state index contributed by atoms with van der Waals surface area (Å²) < 4.78 is 0.714. The van der Waals surface area contributed by atoms with Crippen molar-refractivity contribution < 1.29 is 9.59 Å². The van der Waals surface area contributed by atoms with Crippen molar-refractivity contribution in [2.45, 2.75) is 20.3 Å². The highest BCUT2D eigenvalue weighted by Crippen LogP contribution is 2.20. The Morgan fingerprint density at radius 2 is 1.68 bits per heavy atom. The van der Waals surface area contributed by atoms with E-state index in [-0.39, 0.29) is 16.9 Å². The average molecular weight is 503 g/mol. The van der Waals surface area contributed by atoms with Crippen molar-refractivity contribution >= 4 is 56.4 Å². The van der Waals surface area contributed by atoms with Gasteiger partial charge in [0.15, 0.2) is 5.11 Å². The molecule has 1 fully saturated rings. The summed E-state index contributed by atoms with van der Waals surface area (Å²) in [4.78, 5) is 28.8. The Kier molecular flexibility index (Phi) is 8.03. The Balaban J connectivity index is 1.50. The maximum absolute atomic E-state index is 12.4. The molecule has 2 N–H and O–H groups in total. The first-order valence-corrected chi connectivity index (χ1v) is 11.5. The molecule has 0 aliphatic carbocycles. The maximum atomic E-state index is 12.4. The van der Waals surface area contributed by atoms with Crippen LogP contribution >= 0.6 is 28.1 Å². The van der Waals surface area contributed by atoms with Crippen LogP contribution in [0.5, 0.6) is 0 Å². The number of hydrogen-bond acceptors (Lipinski definition) is 4. The van der Waals surface area contributed by atoms with Gasteiger partial charge in [0.25, 0.3) is 5.91 Å². The first kappa shape index (κ1) is 23.2. The molecule has 0 aromatic heterocycles. The third-order valence-electron chi connectivity index (χ3n) is 5.05. The van der Waals surface area contributed by atoms with Crippen molar-refractivity contribution in [3.8, 4) is 0 Å². The van der Waals surface area contributed by atoms with Gasteiger partial charge >= 0.3 is 0 Å². The summed E-state index contributed by atoms with van der Waals surface area (Å²) in [6.45, 7) is 7.27. The number of anilines is 2. The van der Waals surface area contributed by atoms with E-state index in [2.05, 4.69) is 45.3 Å². The molecular weight excluding hydrogens is 476 g/mol. The van der Waals surface area contributed by atoms with E-state index in [0.717, 1.165) is 37.6 Å². The van der Waals surface area contributed by atoms with Crippen molar-refractivity contribution in [2.75, 3.05) is 36.4 Å². The number of carbonyl (C=O) groups excluding carboxylic acids is 2. The number of amides is 2. The first-order valence-electron chi connectivity index (χ1n) is 10.3. The molecule has 2 amide bonds. The van der Waals surface area contributed by atoms with E-state index in [9.17, 15) is 9.59 Å². The monoisotopic (exact) mass is 502 g/mol. The van der Waals surface area contributed by atoms with Crippen LogP contribution in [0.4, 0.5) is 11.4 Å². The predicted molar refractivity (Wildman–Crippen MR) is 133 cm³/mol. The second-order valence-electron chi connectivity index (χ2n) is 7.90. The molecule has 0 radical (unpaired) electrons. The molecule has 0 spiro atoms. The van der Waals surface area contributed by atoms with Gasteiger partial charge in [-0.1, -0.05) is 26.0 Å². The van der Waals surface area contributed by atoms with Crippen molar-refractivity contribution in [3.63, 3.8) is 0 Å². The molecule has 31 heavy (non-hydrogen) atoms. The fourth-order valence-corrected chi connectivity index (χ4v) is 4.10. The topological polar surface area (TPSA) is 64.7 Å². The number of piperazine rings is 1. The van der Waals surface area contributed by atoms with E-state index in [1.165, 1.54) is 0 Å². The molecule has 164 valence electrons. The van der Waals surface area contributed by atoms with E-state index >= 15 is 0 Å². The van der Waals surface area contributed by atoms with Crippen LogP contribution in [0.1, 0.15) is 30.6 Å². The van der Waals surface area contributed by atoms with Crippen LogP contribution in [0.3, 0.4) is 0 Å². The molecule has 1 saturated heterocycles. The minimum atomic E-state index is -0.272. The van der Waals surface area contributed by atoms with Crippen molar-refractivity contribution in [2.24, 2.45) is 5.92 Å². The number of nitrogens with one attached hydrogen (secondary N) is 2. The molecule has 1 aliphatic rings. The number of halogens is 1. The van der Waals surface area contributed by atoms with Gasteiger partial charge in [-0.05, 0) is 70.5 Å². The molecule has 0 saturated carbocycles. The minimum absolute atomic E-state index is 0.241. The van der Waals surface area contributed by atoms with Crippen LogP contribution in [-0.2, 0) is 4.79 Å². The molecule has 2 aromatic carbocycles. The van der Waals surface area contributed by atoms with Crippen molar-refractivity contribution in [1.29, 1.82) is 0 Å². The smallest absolute Gasteiger partial charge is 0.258 e. The lowest BCUT2D eigenvalue weighted by atomic mass is 10.1. The molecule has 0 atom stereocenters. The van der Waals surface area contributed by atoms with Crippen molar-refractivity contribution in [3.05, 3.63) is 58.6 Å². The van der Waals surface area contributed by atoms with Crippen LogP contribution in [0, 0.1) is 5.92 Å². The highest BCUT2D eigenvalue weighted by molar-refractivity contribution is 9.10. The first-order chi connectivity index (χ1) is 14.8. The lowest BCUT2D eigenvalue weighted by Gasteiger charge is -2.36. The number of carbonyl (C=O) groups is 2. The number of nitrogens with zero attached hydrogens (tertiary/aromatic N) is 2. The fraction of sp³-hybridized carbons (Fsp3) is 0.348. The Hall–Kier alpha value is -2.45. The summed E-state index contributed by atoms with van der Waals surface area (Å²) in [6, 6.07) is 15.1. The Labute approximate surface area is 197 Å². The van der Waals surface area contributed by atoms with Crippen LogP contribution in [-0.4, -0.2) is 48.0 Å². The highest BCUT2D eigenvalue weighted by atomic mass is 79.9.